The predicted molar refractivity (Wildman–Crippen MR) is 83.3 cm³/mol. The minimum atomic E-state index is 0.153. The van der Waals surface area contributed by atoms with E-state index in [-0.39, 0.29) is 11.5 Å². The van der Waals surface area contributed by atoms with Crippen LogP contribution in [0.5, 0.6) is 0 Å². The van der Waals surface area contributed by atoms with Crippen LogP contribution in [0.3, 0.4) is 0 Å². The summed E-state index contributed by atoms with van der Waals surface area (Å²) in [6.45, 7) is 10.5. The first-order chi connectivity index (χ1) is 8.91. The van der Waals surface area contributed by atoms with Gasteiger partial charge in [-0.25, -0.2) is 4.98 Å². The van der Waals surface area contributed by atoms with Crippen LogP contribution in [-0.2, 0) is 10.2 Å². The molecule has 0 bridgehead atoms. The second-order valence-corrected chi connectivity index (χ2v) is 6.91. The van der Waals surface area contributed by atoms with Crippen molar-refractivity contribution in [3.8, 4) is 0 Å². The Morgan fingerprint density at radius 1 is 1.42 bits per heavy atom. The van der Waals surface area contributed by atoms with Crippen molar-refractivity contribution in [2.75, 3.05) is 23.4 Å². The molecule has 0 N–H and O–H groups in total. The van der Waals surface area contributed by atoms with Gasteiger partial charge in [-0.05, 0) is 24.0 Å². The summed E-state index contributed by atoms with van der Waals surface area (Å²) in [6.07, 6.45) is 2.25. The summed E-state index contributed by atoms with van der Waals surface area (Å²) in [7, 11) is 0. The molecule has 1 fully saturated rings. The Hall–Kier alpha value is -0.610. The zero-order chi connectivity index (χ0) is 14.0. The third kappa shape index (κ3) is 3.48. The molecular formula is C15H23BrN2O. The van der Waals surface area contributed by atoms with Crippen LogP contribution >= 0.6 is 15.9 Å². The van der Waals surface area contributed by atoms with Crippen molar-refractivity contribution in [1.29, 1.82) is 0 Å². The normalized spacial score (nSPS) is 24.6. The highest BCUT2D eigenvalue weighted by atomic mass is 79.9. The Kier molecular flexibility index (Phi) is 4.51. The number of hydrogen-bond donors (Lipinski definition) is 0. The quantitative estimate of drug-likeness (QED) is 0.779. The SMILES string of the molecule is CC1COC(CBr)CN1c1ccc(C(C)(C)C)cn1. The van der Waals surface area contributed by atoms with Gasteiger partial charge < -0.3 is 9.64 Å². The molecule has 0 radical (unpaired) electrons. The van der Waals surface area contributed by atoms with E-state index in [4.69, 9.17) is 4.74 Å². The van der Waals surface area contributed by atoms with Crippen LogP contribution in [0.25, 0.3) is 0 Å². The van der Waals surface area contributed by atoms with Crippen LogP contribution < -0.4 is 4.90 Å². The second-order valence-electron chi connectivity index (χ2n) is 6.27. The molecule has 1 aromatic rings. The average molecular weight is 327 g/mol. The van der Waals surface area contributed by atoms with E-state index in [1.807, 2.05) is 6.20 Å². The fourth-order valence-electron chi connectivity index (χ4n) is 2.23. The maximum Gasteiger partial charge on any atom is 0.128 e. The summed E-state index contributed by atoms with van der Waals surface area (Å²) in [5, 5.41) is 0.871. The van der Waals surface area contributed by atoms with Crippen LogP contribution in [-0.4, -0.2) is 35.6 Å². The van der Waals surface area contributed by atoms with Crippen LogP contribution in [0.4, 0.5) is 5.82 Å². The number of pyridine rings is 1. The monoisotopic (exact) mass is 326 g/mol. The fraction of sp³-hybridized carbons (Fsp3) is 0.667. The van der Waals surface area contributed by atoms with Gasteiger partial charge >= 0.3 is 0 Å². The van der Waals surface area contributed by atoms with E-state index in [2.05, 4.69) is 65.6 Å². The molecule has 0 amide bonds. The summed E-state index contributed by atoms with van der Waals surface area (Å²) in [6, 6.07) is 4.70. The molecule has 19 heavy (non-hydrogen) atoms. The highest BCUT2D eigenvalue weighted by Crippen LogP contribution is 2.25. The van der Waals surface area contributed by atoms with Crippen LogP contribution in [0.15, 0.2) is 18.3 Å². The number of hydrogen-bond acceptors (Lipinski definition) is 3. The van der Waals surface area contributed by atoms with E-state index in [1.165, 1.54) is 5.56 Å². The van der Waals surface area contributed by atoms with E-state index in [0.717, 1.165) is 24.3 Å². The fourth-order valence-corrected chi connectivity index (χ4v) is 2.62. The smallest absolute Gasteiger partial charge is 0.128 e. The summed E-state index contributed by atoms with van der Waals surface area (Å²) >= 11 is 3.50. The van der Waals surface area contributed by atoms with Crippen molar-refractivity contribution >= 4 is 21.7 Å². The number of ether oxygens (including phenoxy) is 1. The molecule has 106 valence electrons. The lowest BCUT2D eigenvalue weighted by Crippen LogP contribution is -2.49. The summed E-state index contributed by atoms with van der Waals surface area (Å²) in [5.41, 5.74) is 1.43. The minimum absolute atomic E-state index is 0.153. The maximum atomic E-state index is 5.75. The number of halogens is 1. The third-order valence-electron chi connectivity index (χ3n) is 3.59. The number of anilines is 1. The number of aromatic nitrogens is 1. The molecule has 0 spiro atoms. The number of rotatable bonds is 2. The third-order valence-corrected chi connectivity index (χ3v) is 4.31. The largest absolute Gasteiger partial charge is 0.373 e. The van der Waals surface area contributed by atoms with Crippen molar-refractivity contribution in [2.45, 2.75) is 45.3 Å². The Balaban J connectivity index is 2.16. The molecule has 1 saturated heterocycles. The molecule has 0 saturated carbocycles. The lowest BCUT2D eigenvalue weighted by molar-refractivity contribution is 0.0376. The van der Waals surface area contributed by atoms with Gasteiger partial charge in [-0.3, -0.25) is 0 Å². The van der Waals surface area contributed by atoms with Crippen molar-refractivity contribution in [1.82, 2.24) is 4.98 Å². The van der Waals surface area contributed by atoms with Crippen LogP contribution in [0.2, 0.25) is 0 Å². The van der Waals surface area contributed by atoms with Gasteiger partial charge in [0.2, 0.25) is 0 Å². The van der Waals surface area contributed by atoms with E-state index in [0.29, 0.717) is 6.04 Å². The second kappa shape index (κ2) is 5.80. The molecular weight excluding hydrogens is 304 g/mol. The zero-order valence-corrected chi connectivity index (χ0v) is 13.8. The minimum Gasteiger partial charge on any atom is -0.373 e. The molecule has 1 aliphatic heterocycles. The molecule has 2 heterocycles. The van der Waals surface area contributed by atoms with E-state index >= 15 is 0 Å². The zero-order valence-electron chi connectivity index (χ0n) is 12.2. The maximum absolute atomic E-state index is 5.75. The standard InChI is InChI=1S/C15H23BrN2O/c1-11-10-19-13(7-16)9-18(11)14-6-5-12(8-17-14)15(2,3)4/h5-6,8,11,13H,7,9-10H2,1-4H3. The van der Waals surface area contributed by atoms with Gasteiger partial charge in [-0.2, -0.15) is 0 Å². The van der Waals surface area contributed by atoms with Gasteiger partial charge in [0.25, 0.3) is 0 Å². The predicted octanol–water partition coefficient (Wildman–Crippen LogP) is 3.37. The van der Waals surface area contributed by atoms with E-state index in [9.17, 15) is 0 Å². The number of morpholine rings is 1. The summed E-state index contributed by atoms with van der Waals surface area (Å²) in [4.78, 5) is 6.98. The van der Waals surface area contributed by atoms with Crippen molar-refractivity contribution in [2.24, 2.45) is 0 Å². The van der Waals surface area contributed by atoms with E-state index < -0.39 is 0 Å². The highest BCUT2D eigenvalue weighted by molar-refractivity contribution is 9.09. The molecule has 2 rings (SSSR count). The molecule has 0 aliphatic carbocycles. The first-order valence-electron chi connectivity index (χ1n) is 6.82. The van der Waals surface area contributed by atoms with Gasteiger partial charge in [0, 0.05) is 18.1 Å². The highest BCUT2D eigenvalue weighted by Gasteiger charge is 2.26. The molecule has 2 atom stereocenters. The number of alkyl halides is 1. The topological polar surface area (TPSA) is 25.4 Å². The molecule has 3 nitrogen and oxygen atoms in total. The summed E-state index contributed by atoms with van der Waals surface area (Å²) in [5.74, 6) is 1.05. The molecule has 1 aliphatic rings. The Bertz CT molecular complexity index is 413. The average Bonchev–Trinajstić information content (AvgIpc) is 2.38. The Labute approximate surface area is 124 Å². The van der Waals surface area contributed by atoms with Crippen molar-refractivity contribution in [3.05, 3.63) is 23.9 Å². The lowest BCUT2D eigenvalue weighted by atomic mass is 9.88. The van der Waals surface area contributed by atoms with Crippen molar-refractivity contribution in [3.63, 3.8) is 0 Å². The van der Waals surface area contributed by atoms with Crippen LogP contribution in [0, 0.1) is 0 Å². The summed E-state index contributed by atoms with van der Waals surface area (Å²) < 4.78 is 5.75. The van der Waals surface area contributed by atoms with Crippen molar-refractivity contribution < 1.29 is 4.74 Å². The van der Waals surface area contributed by atoms with Crippen LogP contribution in [0.1, 0.15) is 33.3 Å². The lowest BCUT2D eigenvalue weighted by Gasteiger charge is -2.38. The van der Waals surface area contributed by atoms with E-state index in [1.54, 1.807) is 0 Å². The Morgan fingerprint density at radius 2 is 2.16 bits per heavy atom. The molecule has 0 aromatic carbocycles. The van der Waals surface area contributed by atoms with Gasteiger partial charge in [0.15, 0.2) is 0 Å². The first kappa shape index (κ1) is 14.8. The van der Waals surface area contributed by atoms with Gasteiger partial charge in [-0.15, -0.1) is 0 Å². The first-order valence-corrected chi connectivity index (χ1v) is 7.94. The van der Waals surface area contributed by atoms with Gasteiger partial charge in [-0.1, -0.05) is 42.8 Å². The Morgan fingerprint density at radius 3 is 2.68 bits per heavy atom. The molecule has 2 unspecified atom stereocenters. The van der Waals surface area contributed by atoms with Gasteiger partial charge in [0.1, 0.15) is 5.82 Å². The van der Waals surface area contributed by atoms with Gasteiger partial charge in [0.05, 0.1) is 18.8 Å². The number of nitrogens with zero attached hydrogens (tertiary/aromatic N) is 2. The molecule has 4 heteroatoms. The molecule has 1 aromatic heterocycles.